The fraction of sp³-hybridized carbons (Fsp3) is 1.00. The van der Waals surface area contributed by atoms with Crippen LogP contribution in [0.2, 0.25) is 0 Å². The summed E-state index contributed by atoms with van der Waals surface area (Å²) < 4.78 is 5.57. The van der Waals surface area contributed by atoms with Crippen molar-refractivity contribution in [1.29, 1.82) is 0 Å². The second-order valence-electron chi connectivity index (χ2n) is 4.59. The highest BCUT2D eigenvalue weighted by Crippen LogP contribution is 2.31. The summed E-state index contributed by atoms with van der Waals surface area (Å²) in [6.45, 7) is 6.28. The summed E-state index contributed by atoms with van der Waals surface area (Å²) in [5.74, 6) is 0.751. The van der Waals surface area contributed by atoms with Gasteiger partial charge in [-0.3, -0.25) is 4.90 Å². The molecule has 1 saturated carbocycles. The van der Waals surface area contributed by atoms with Crippen LogP contribution in [0.3, 0.4) is 0 Å². The van der Waals surface area contributed by atoms with E-state index in [0.717, 1.165) is 25.1 Å². The molecule has 2 N–H and O–H groups in total. The minimum Gasteiger partial charge on any atom is -0.378 e. The number of nitrogens with two attached hydrogens (primary N) is 1. The minimum atomic E-state index is 0.543. The highest BCUT2D eigenvalue weighted by Gasteiger charge is 2.36. The van der Waals surface area contributed by atoms with E-state index >= 15 is 0 Å². The number of ether oxygens (including phenoxy) is 1. The van der Waals surface area contributed by atoms with Gasteiger partial charge in [0.25, 0.3) is 0 Å². The van der Waals surface area contributed by atoms with E-state index < -0.39 is 0 Å². The predicted octanol–water partition coefficient (Wildman–Crippen LogP) is 0.834. The fourth-order valence-electron chi connectivity index (χ4n) is 2.59. The van der Waals surface area contributed by atoms with Crippen LogP contribution in [0.15, 0.2) is 0 Å². The van der Waals surface area contributed by atoms with Gasteiger partial charge in [0.2, 0.25) is 0 Å². The summed E-state index contributed by atoms with van der Waals surface area (Å²) >= 11 is 0. The average molecular weight is 198 g/mol. The summed E-state index contributed by atoms with van der Waals surface area (Å²) in [5, 5.41) is 0. The number of hydrogen-bond donors (Lipinski definition) is 1. The van der Waals surface area contributed by atoms with Crippen LogP contribution < -0.4 is 5.73 Å². The molecular weight excluding hydrogens is 176 g/mol. The van der Waals surface area contributed by atoms with Gasteiger partial charge in [-0.25, -0.2) is 0 Å². The topological polar surface area (TPSA) is 38.5 Å². The Morgan fingerprint density at radius 2 is 2.21 bits per heavy atom. The maximum atomic E-state index is 5.68. The molecule has 1 unspecified atom stereocenters. The Morgan fingerprint density at radius 3 is 2.79 bits per heavy atom. The van der Waals surface area contributed by atoms with E-state index in [1.165, 1.54) is 32.4 Å². The van der Waals surface area contributed by atoms with E-state index in [9.17, 15) is 0 Å². The Balaban J connectivity index is 1.68. The van der Waals surface area contributed by atoms with Crippen molar-refractivity contribution in [2.75, 3.05) is 26.2 Å². The zero-order valence-electron chi connectivity index (χ0n) is 9.11. The van der Waals surface area contributed by atoms with E-state index in [2.05, 4.69) is 11.8 Å². The summed E-state index contributed by atoms with van der Waals surface area (Å²) in [7, 11) is 0. The zero-order chi connectivity index (χ0) is 9.97. The monoisotopic (exact) mass is 198 g/mol. The fourth-order valence-corrected chi connectivity index (χ4v) is 2.59. The molecule has 2 aliphatic rings. The van der Waals surface area contributed by atoms with Crippen LogP contribution in [0.1, 0.15) is 26.2 Å². The molecule has 0 aromatic heterocycles. The van der Waals surface area contributed by atoms with E-state index in [0.29, 0.717) is 6.10 Å². The Bertz CT molecular complexity index is 180. The van der Waals surface area contributed by atoms with Crippen molar-refractivity contribution >= 4 is 0 Å². The van der Waals surface area contributed by atoms with Crippen molar-refractivity contribution in [1.82, 2.24) is 4.90 Å². The molecular formula is C11H22N2O. The van der Waals surface area contributed by atoms with Gasteiger partial charge < -0.3 is 10.5 Å². The lowest BCUT2D eigenvalue weighted by atomic mass is 9.88. The molecule has 0 bridgehead atoms. The first-order chi connectivity index (χ1) is 6.83. The average Bonchev–Trinajstić information content (AvgIpc) is 2.58. The second kappa shape index (κ2) is 4.60. The van der Waals surface area contributed by atoms with Crippen LogP contribution >= 0.6 is 0 Å². The first kappa shape index (κ1) is 10.4. The van der Waals surface area contributed by atoms with Crippen molar-refractivity contribution < 1.29 is 4.74 Å². The number of rotatable bonds is 4. The van der Waals surface area contributed by atoms with Gasteiger partial charge in [0.15, 0.2) is 0 Å². The molecule has 2 fully saturated rings. The predicted molar refractivity (Wildman–Crippen MR) is 57.2 cm³/mol. The zero-order valence-corrected chi connectivity index (χ0v) is 9.11. The third-order valence-electron chi connectivity index (χ3n) is 3.64. The maximum Gasteiger partial charge on any atom is 0.0604 e. The normalized spacial score (nSPS) is 38.6. The Kier molecular flexibility index (Phi) is 3.42. The quantitative estimate of drug-likeness (QED) is 0.727. The van der Waals surface area contributed by atoms with E-state index in [1.807, 2.05) is 0 Å². The summed E-state index contributed by atoms with van der Waals surface area (Å²) in [4.78, 5) is 2.60. The second-order valence-corrected chi connectivity index (χ2v) is 4.59. The molecule has 1 aliphatic carbocycles. The number of nitrogens with zero attached hydrogens (tertiary/aromatic N) is 1. The van der Waals surface area contributed by atoms with Crippen LogP contribution in [0, 0.1) is 5.92 Å². The van der Waals surface area contributed by atoms with Gasteiger partial charge in [-0.1, -0.05) is 0 Å². The largest absolute Gasteiger partial charge is 0.378 e. The first-order valence-electron chi connectivity index (χ1n) is 5.89. The Labute approximate surface area is 86.6 Å². The summed E-state index contributed by atoms with van der Waals surface area (Å²) in [5.41, 5.74) is 5.68. The van der Waals surface area contributed by atoms with Crippen molar-refractivity contribution in [3.05, 3.63) is 0 Å². The standard InChI is InChI=1S/C11H22N2O/c1-2-14-11-5-10(6-11)13-4-3-9(7-12)8-13/h9-11H,2-8,12H2,1H3. The van der Waals surface area contributed by atoms with Crippen LogP contribution in [0.4, 0.5) is 0 Å². The molecule has 0 radical (unpaired) electrons. The first-order valence-corrected chi connectivity index (χ1v) is 5.89. The van der Waals surface area contributed by atoms with Gasteiger partial charge in [-0.05, 0) is 45.2 Å². The molecule has 0 amide bonds. The Hall–Kier alpha value is -0.120. The van der Waals surface area contributed by atoms with Crippen molar-refractivity contribution in [2.45, 2.75) is 38.3 Å². The van der Waals surface area contributed by atoms with Gasteiger partial charge in [0.05, 0.1) is 6.10 Å². The smallest absolute Gasteiger partial charge is 0.0604 e. The number of likely N-dealkylation sites (tertiary alicyclic amines) is 1. The third kappa shape index (κ3) is 2.10. The van der Waals surface area contributed by atoms with E-state index in [1.54, 1.807) is 0 Å². The van der Waals surface area contributed by atoms with Crippen molar-refractivity contribution in [3.63, 3.8) is 0 Å². The summed E-state index contributed by atoms with van der Waals surface area (Å²) in [6, 6.07) is 0.795. The molecule has 14 heavy (non-hydrogen) atoms. The molecule has 3 heteroatoms. The van der Waals surface area contributed by atoms with Crippen LogP contribution in [0.5, 0.6) is 0 Å². The molecule has 82 valence electrons. The van der Waals surface area contributed by atoms with Crippen molar-refractivity contribution in [3.8, 4) is 0 Å². The third-order valence-corrected chi connectivity index (χ3v) is 3.64. The lowest BCUT2D eigenvalue weighted by Gasteiger charge is -2.40. The van der Waals surface area contributed by atoms with E-state index in [-0.39, 0.29) is 0 Å². The summed E-state index contributed by atoms with van der Waals surface area (Å²) in [6.07, 6.45) is 4.32. The van der Waals surface area contributed by atoms with Crippen LogP contribution in [-0.4, -0.2) is 43.3 Å². The van der Waals surface area contributed by atoms with Gasteiger partial charge in [-0.15, -0.1) is 0 Å². The van der Waals surface area contributed by atoms with Crippen molar-refractivity contribution in [2.24, 2.45) is 11.7 Å². The van der Waals surface area contributed by atoms with Gasteiger partial charge in [-0.2, -0.15) is 0 Å². The SMILES string of the molecule is CCOC1CC(N2CCC(CN)C2)C1. The van der Waals surface area contributed by atoms with Crippen LogP contribution in [0.25, 0.3) is 0 Å². The highest BCUT2D eigenvalue weighted by molar-refractivity contribution is 4.91. The molecule has 1 aliphatic heterocycles. The lowest BCUT2D eigenvalue weighted by molar-refractivity contribution is -0.0414. The maximum absolute atomic E-state index is 5.68. The van der Waals surface area contributed by atoms with Gasteiger partial charge in [0.1, 0.15) is 0 Å². The molecule has 1 atom stereocenters. The Morgan fingerprint density at radius 1 is 1.43 bits per heavy atom. The van der Waals surface area contributed by atoms with Gasteiger partial charge >= 0.3 is 0 Å². The molecule has 0 spiro atoms. The molecule has 2 rings (SSSR count). The van der Waals surface area contributed by atoms with Crippen LogP contribution in [-0.2, 0) is 4.74 Å². The molecule has 0 aromatic carbocycles. The van der Waals surface area contributed by atoms with Gasteiger partial charge in [0, 0.05) is 19.2 Å². The molecule has 1 heterocycles. The molecule has 1 saturated heterocycles. The minimum absolute atomic E-state index is 0.543. The highest BCUT2D eigenvalue weighted by atomic mass is 16.5. The molecule has 0 aromatic rings. The molecule has 3 nitrogen and oxygen atoms in total. The number of hydrogen-bond acceptors (Lipinski definition) is 3. The lowest BCUT2D eigenvalue weighted by Crippen LogP contribution is -2.47. The van der Waals surface area contributed by atoms with E-state index in [4.69, 9.17) is 10.5 Å².